The number of hydrogen-bond donors (Lipinski definition) is 1. The van der Waals surface area contributed by atoms with Gasteiger partial charge in [0.25, 0.3) is 5.91 Å². The van der Waals surface area contributed by atoms with Gasteiger partial charge in [-0.15, -0.1) is 0 Å². The van der Waals surface area contributed by atoms with E-state index in [1.54, 1.807) is 16.9 Å². The number of aromatic nitrogens is 2. The van der Waals surface area contributed by atoms with Crippen molar-refractivity contribution in [1.29, 1.82) is 0 Å². The van der Waals surface area contributed by atoms with E-state index < -0.39 is 5.82 Å². The normalized spacial score (nSPS) is 16.1. The maximum Gasteiger partial charge on any atom is 0.276 e. The Morgan fingerprint density at radius 2 is 2.25 bits per heavy atom. The van der Waals surface area contributed by atoms with E-state index in [1.165, 1.54) is 23.1 Å². The monoisotopic (exact) mass is 364 g/mol. The topological polar surface area (TPSA) is 50.2 Å². The number of carbonyl (C=O) groups excluding carboxylic acids is 1. The van der Waals surface area contributed by atoms with Gasteiger partial charge in [-0.1, -0.05) is 17.7 Å². The van der Waals surface area contributed by atoms with Crippen LogP contribution < -0.4 is 5.32 Å². The second-order valence-corrected chi connectivity index (χ2v) is 6.01. The Hall–Kier alpha value is -2.25. The summed E-state index contributed by atoms with van der Waals surface area (Å²) in [6.45, 7) is 3.02. The van der Waals surface area contributed by atoms with Crippen molar-refractivity contribution < 1.29 is 9.18 Å². The molecule has 1 aliphatic heterocycles. The first kappa shape index (κ1) is 16.6. The summed E-state index contributed by atoms with van der Waals surface area (Å²) in [5.74, 6) is -0.832. The van der Waals surface area contributed by atoms with Crippen molar-refractivity contribution in [3.05, 3.63) is 58.3 Å². The Balaban J connectivity index is 1.85. The van der Waals surface area contributed by atoms with Crippen molar-refractivity contribution in [2.75, 3.05) is 0 Å². The molecule has 3 rings (SSSR count). The molecule has 0 saturated carbocycles. The average Bonchev–Trinajstić information content (AvgIpc) is 3.11. The zero-order chi connectivity index (χ0) is 17.3. The van der Waals surface area contributed by atoms with Crippen LogP contribution in [0, 0.1) is 5.82 Å². The second kappa shape index (κ2) is 6.70. The molecule has 24 heavy (non-hydrogen) atoms. The number of halogens is 2. The molecule has 1 saturated heterocycles. The summed E-state index contributed by atoms with van der Waals surface area (Å²) in [5, 5.41) is 7.48. The smallest absolute Gasteiger partial charge is 0.276 e. The van der Waals surface area contributed by atoms with Gasteiger partial charge in [0.15, 0.2) is 5.11 Å². The van der Waals surface area contributed by atoms with Crippen LogP contribution in [0.15, 0.2) is 36.3 Å². The molecule has 1 amide bonds. The van der Waals surface area contributed by atoms with E-state index in [4.69, 9.17) is 23.8 Å². The van der Waals surface area contributed by atoms with Gasteiger partial charge in [0.2, 0.25) is 0 Å². The number of benzene rings is 1. The van der Waals surface area contributed by atoms with Crippen LogP contribution in [0.5, 0.6) is 0 Å². The second-order valence-electron chi connectivity index (χ2n) is 5.22. The molecule has 0 aliphatic carbocycles. The lowest BCUT2D eigenvalue weighted by molar-refractivity contribution is -0.122. The van der Waals surface area contributed by atoms with Gasteiger partial charge in [-0.25, -0.2) is 4.39 Å². The lowest BCUT2D eigenvalue weighted by atomic mass is 10.1. The van der Waals surface area contributed by atoms with Crippen LogP contribution in [0.1, 0.15) is 18.1 Å². The molecular weight excluding hydrogens is 351 g/mol. The van der Waals surface area contributed by atoms with E-state index in [1.807, 2.05) is 13.1 Å². The summed E-state index contributed by atoms with van der Waals surface area (Å²) < 4.78 is 15.7. The van der Waals surface area contributed by atoms with Crippen LogP contribution >= 0.6 is 23.8 Å². The van der Waals surface area contributed by atoms with Crippen molar-refractivity contribution in [1.82, 2.24) is 20.0 Å². The Kier molecular flexibility index (Phi) is 4.64. The van der Waals surface area contributed by atoms with E-state index in [2.05, 4.69) is 10.4 Å². The molecule has 1 N–H and O–H groups in total. The summed E-state index contributed by atoms with van der Waals surface area (Å²) >= 11 is 11.2. The molecule has 0 bridgehead atoms. The fourth-order valence-corrected chi connectivity index (χ4v) is 2.83. The molecule has 124 valence electrons. The van der Waals surface area contributed by atoms with Gasteiger partial charge in [-0.05, 0) is 37.4 Å². The van der Waals surface area contributed by atoms with Crippen molar-refractivity contribution in [3.8, 4) is 0 Å². The first-order valence-corrected chi connectivity index (χ1v) is 8.08. The third-order valence-electron chi connectivity index (χ3n) is 3.60. The molecule has 2 aromatic rings. The van der Waals surface area contributed by atoms with Gasteiger partial charge in [-0.3, -0.25) is 14.4 Å². The number of carbonyl (C=O) groups is 1. The SMILES string of the molecule is CCn1cc(CN2C(=O)/C(=C\c3c(F)cccc3Cl)NC2=S)cn1. The molecule has 1 aromatic carbocycles. The molecule has 8 heteroatoms. The first-order chi connectivity index (χ1) is 11.5. The average molecular weight is 365 g/mol. The van der Waals surface area contributed by atoms with E-state index in [0.29, 0.717) is 6.54 Å². The van der Waals surface area contributed by atoms with Crippen LogP contribution in [0.4, 0.5) is 4.39 Å². The molecule has 0 radical (unpaired) electrons. The highest BCUT2D eigenvalue weighted by Gasteiger charge is 2.31. The molecule has 2 heterocycles. The number of rotatable bonds is 4. The lowest BCUT2D eigenvalue weighted by Gasteiger charge is -2.12. The van der Waals surface area contributed by atoms with E-state index in [-0.39, 0.29) is 27.3 Å². The fourth-order valence-electron chi connectivity index (χ4n) is 2.35. The van der Waals surface area contributed by atoms with Gasteiger partial charge in [0.05, 0.1) is 17.8 Å². The fraction of sp³-hybridized carbons (Fsp3) is 0.188. The minimum atomic E-state index is -0.502. The van der Waals surface area contributed by atoms with Gasteiger partial charge in [0.1, 0.15) is 11.5 Å². The predicted molar refractivity (Wildman–Crippen MR) is 93.6 cm³/mol. The quantitative estimate of drug-likeness (QED) is 0.669. The number of thiocarbonyl (C=S) groups is 1. The number of amides is 1. The molecule has 1 aliphatic rings. The van der Waals surface area contributed by atoms with Crippen molar-refractivity contribution in [2.24, 2.45) is 0 Å². The third-order valence-corrected chi connectivity index (χ3v) is 4.25. The zero-order valence-electron chi connectivity index (χ0n) is 12.8. The highest BCUT2D eigenvalue weighted by Crippen LogP contribution is 2.24. The molecule has 5 nitrogen and oxygen atoms in total. The first-order valence-electron chi connectivity index (χ1n) is 7.29. The van der Waals surface area contributed by atoms with Crippen molar-refractivity contribution >= 4 is 40.9 Å². The Bertz CT molecular complexity index is 828. The largest absolute Gasteiger partial charge is 0.328 e. The summed E-state index contributed by atoms with van der Waals surface area (Å²) in [6, 6.07) is 4.35. The minimum absolute atomic E-state index is 0.151. The van der Waals surface area contributed by atoms with E-state index >= 15 is 0 Å². The maximum absolute atomic E-state index is 13.9. The van der Waals surface area contributed by atoms with Crippen LogP contribution in [-0.2, 0) is 17.9 Å². The van der Waals surface area contributed by atoms with Crippen molar-refractivity contribution in [2.45, 2.75) is 20.0 Å². The number of nitrogens with one attached hydrogen (secondary N) is 1. The van der Waals surface area contributed by atoms with Gasteiger partial charge >= 0.3 is 0 Å². The highest BCUT2D eigenvalue weighted by atomic mass is 35.5. The predicted octanol–water partition coefficient (Wildman–Crippen LogP) is 2.95. The summed E-state index contributed by atoms with van der Waals surface area (Å²) in [5.41, 5.74) is 1.20. The lowest BCUT2D eigenvalue weighted by Crippen LogP contribution is -2.29. The summed E-state index contributed by atoms with van der Waals surface area (Å²) in [4.78, 5) is 13.9. The Morgan fingerprint density at radius 1 is 1.46 bits per heavy atom. The van der Waals surface area contributed by atoms with E-state index in [0.717, 1.165) is 12.1 Å². The summed E-state index contributed by atoms with van der Waals surface area (Å²) in [6.07, 6.45) is 4.92. The third kappa shape index (κ3) is 3.18. The maximum atomic E-state index is 13.9. The van der Waals surface area contributed by atoms with Gasteiger partial charge in [0, 0.05) is 23.9 Å². The van der Waals surface area contributed by atoms with Crippen LogP contribution in [0.2, 0.25) is 5.02 Å². The van der Waals surface area contributed by atoms with Gasteiger partial charge in [-0.2, -0.15) is 5.10 Å². The number of hydrogen-bond acceptors (Lipinski definition) is 3. The zero-order valence-corrected chi connectivity index (χ0v) is 14.4. The number of aryl methyl sites for hydroxylation is 1. The molecule has 0 spiro atoms. The van der Waals surface area contributed by atoms with Gasteiger partial charge < -0.3 is 5.32 Å². The Morgan fingerprint density at radius 3 is 2.92 bits per heavy atom. The number of nitrogens with zero attached hydrogens (tertiary/aromatic N) is 3. The van der Waals surface area contributed by atoms with E-state index in [9.17, 15) is 9.18 Å². The van der Waals surface area contributed by atoms with Crippen LogP contribution in [0.3, 0.4) is 0 Å². The molecule has 0 unspecified atom stereocenters. The molecular formula is C16H14ClFN4OS. The highest BCUT2D eigenvalue weighted by molar-refractivity contribution is 7.80. The molecule has 0 atom stereocenters. The van der Waals surface area contributed by atoms with Crippen molar-refractivity contribution in [3.63, 3.8) is 0 Å². The standard InChI is InChI=1S/C16H14ClFN4OS/c1-2-21-8-10(7-19-21)9-22-15(23)14(20-16(22)24)6-11-12(17)4-3-5-13(11)18/h3-8H,2,9H2,1H3,(H,20,24)/b14-6+. The molecule has 1 fully saturated rings. The van der Waals surface area contributed by atoms with Crippen LogP contribution in [0.25, 0.3) is 6.08 Å². The minimum Gasteiger partial charge on any atom is -0.328 e. The molecule has 1 aromatic heterocycles. The van der Waals surface area contributed by atoms with Crippen LogP contribution in [-0.4, -0.2) is 25.7 Å². The Labute approximate surface area is 148 Å². The summed E-state index contributed by atoms with van der Waals surface area (Å²) in [7, 11) is 0.